The second-order valence-electron chi connectivity index (χ2n) is 13.5. The Balaban J connectivity index is 1.04. The van der Waals surface area contributed by atoms with E-state index in [1.165, 1.54) is 25.6 Å². The number of rotatable bonds is 5. The summed E-state index contributed by atoms with van der Waals surface area (Å²) in [6.07, 6.45) is 0. The van der Waals surface area contributed by atoms with Crippen LogP contribution in [0.2, 0.25) is 0 Å². The molecular formula is C49H29N3OS. The molecule has 0 N–H and O–H groups in total. The Morgan fingerprint density at radius 3 is 1.93 bits per heavy atom. The van der Waals surface area contributed by atoms with Crippen LogP contribution in [-0.4, -0.2) is 15.0 Å². The van der Waals surface area contributed by atoms with Crippen molar-refractivity contribution in [3.63, 3.8) is 0 Å². The van der Waals surface area contributed by atoms with Crippen LogP contribution in [0, 0.1) is 0 Å². The maximum Gasteiger partial charge on any atom is 0.160 e. The van der Waals surface area contributed by atoms with Gasteiger partial charge in [0.05, 0.1) is 22.6 Å². The molecule has 0 atom stereocenters. The van der Waals surface area contributed by atoms with Gasteiger partial charge in [0.15, 0.2) is 5.82 Å². The third-order valence-electron chi connectivity index (χ3n) is 10.3. The minimum Gasteiger partial charge on any atom is -0.455 e. The van der Waals surface area contributed by atoms with Gasteiger partial charge in [-0.1, -0.05) is 140 Å². The van der Waals surface area contributed by atoms with Crippen molar-refractivity contribution in [1.82, 2.24) is 15.0 Å². The fourth-order valence-electron chi connectivity index (χ4n) is 7.68. The van der Waals surface area contributed by atoms with Gasteiger partial charge in [-0.15, -0.1) is 11.3 Å². The summed E-state index contributed by atoms with van der Waals surface area (Å²) in [7, 11) is 0. The van der Waals surface area contributed by atoms with Crippen LogP contribution in [0.4, 0.5) is 0 Å². The fourth-order valence-corrected chi connectivity index (χ4v) is 8.90. The number of hydrogen-bond donors (Lipinski definition) is 0. The molecule has 252 valence electrons. The maximum absolute atomic E-state index is 6.44. The van der Waals surface area contributed by atoms with E-state index in [9.17, 15) is 0 Å². The van der Waals surface area contributed by atoms with Crippen molar-refractivity contribution >= 4 is 64.4 Å². The number of nitrogens with zero attached hydrogens (tertiary/aromatic N) is 3. The Bertz CT molecular complexity index is 3200. The van der Waals surface area contributed by atoms with Crippen molar-refractivity contribution in [2.45, 2.75) is 0 Å². The lowest BCUT2D eigenvalue weighted by Crippen LogP contribution is -1.96. The Morgan fingerprint density at radius 1 is 0.426 bits per heavy atom. The van der Waals surface area contributed by atoms with Crippen molar-refractivity contribution in [2.75, 3.05) is 0 Å². The summed E-state index contributed by atoms with van der Waals surface area (Å²) in [6, 6.07) is 61.2. The van der Waals surface area contributed by atoms with E-state index in [2.05, 4.69) is 140 Å². The highest BCUT2D eigenvalue weighted by Gasteiger charge is 2.19. The first-order valence-electron chi connectivity index (χ1n) is 18.0. The molecule has 4 aromatic heterocycles. The van der Waals surface area contributed by atoms with Crippen molar-refractivity contribution in [3.05, 3.63) is 176 Å². The van der Waals surface area contributed by atoms with E-state index in [1.54, 1.807) is 0 Å². The lowest BCUT2D eigenvalue weighted by Gasteiger charge is -2.10. The van der Waals surface area contributed by atoms with Crippen LogP contribution >= 0.6 is 11.3 Å². The highest BCUT2D eigenvalue weighted by Crippen LogP contribution is 2.44. The van der Waals surface area contributed by atoms with E-state index in [1.807, 2.05) is 47.7 Å². The minimum absolute atomic E-state index is 0.663. The second kappa shape index (κ2) is 12.3. The van der Waals surface area contributed by atoms with Gasteiger partial charge in [-0.25, -0.2) is 15.0 Å². The Kier molecular flexibility index (Phi) is 7.00. The molecule has 5 heteroatoms. The van der Waals surface area contributed by atoms with Gasteiger partial charge in [0.2, 0.25) is 0 Å². The Labute approximate surface area is 314 Å². The van der Waals surface area contributed by atoms with Gasteiger partial charge in [-0.2, -0.15) is 0 Å². The highest BCUT2D eigenvalue weighted by atomic mass is 32.1. The fraction of sp³-hybridized carbons (Fsp3) is 0. The standard InChI is InChI=1S/C49H29N3OS/c1-3-12-31(13-4-1)41-29-42(37-19-11-18-36-35-16-8-10-21-43(35)53-47(36)37)52-49(51-41)33-24-22-30(23-25-33)34-26-27-44-39(28-34)45-46(32-14-5-2-6-15-32)50-40-20-9-7-17-38(40)48(45)54-44/h1-29H. The van der Waals surface area contributed by atoms with Crippen molar-refractivity contribution in [3.8, 4) is 56.3 Å². The molecule has 0 amide bonds. The highest BCUT2D eigenvalue weighted by molar-refractivity contribution is 7.26. The average molecular weight is 708 g/mol. The van der Waals surface area contributed by atoms with Gasteiger partial charge in [-0.05, 0) is 47.5 Å². The van der Waals surface area contributed by atoms with E-state index < -0.39 is 0 Å². The largest absolute Gasteiger partial charge is 0.455 e. The average Bonchev–Trinajstić information content (AvgIpc) is 3.83. The number of hydrogen-bond acceptors (Lipinski definition) is 5. The van der Waals surface area contributed by atoms with Gasteiger partial charge in [0.25, 0.3) is 0 Å². The lowest BCUT2D eigenvalue weighted by molar-refractivity contribution is 0.670. The third-order valence-corrected chi connectivity index (χ3v) is 11.5. The molecule has 0 aliphatic carbocycles. The molecule has 0 aliphatic heterocycles. The zero-order valence-electron chi connectivity index (χ0n) is 28.9. The number of aromatic nitrogens is 3. The molecule has 0 bridgehead atoms. The molecule has 0 spiro atoms. The molecule has 4 heterocycles. The van der Waals surface area contributed by atoms with Crippen LogP contribution in [0.25, 0.3) is 109 Å². The molecule has 0 fully saturated rings. The number of furan rings is 1. The first kappa shape index (κ1) is 30.7. The van der Waals surface area contributed by atoms with E-state index in [0.717, 1.165) is 77.9 Å². The molecule has 0 unspecified atom stereocenters. The van der Waals surface area contributed by atoms with Crippen LogP contribution < -0.4 is 0 Å². The van der Waals surface area contributed by atoms with Crippen molar-refractivity contribution in [1.29, 1.82) is 0 Å². The quantitative estimate of drug-likeness (QED) is 0.179. The van der Waals surface area contributed by atoms with Gasteiger partial charge >= 0.3 is 0 Å². The molecule has 0 radical (unpaired) electrons. The molecule has 0 saturated heterocycles. The molecule has 7 aromatic carbocycles. The molecule has 0 saturated carbocycles. The van der Waals surface area contributed by atoms with Crippen molar-refractivity contribution < 1.29 is 4.42 Å². The summed E-state index contributed by atoms with van der Waals surface area (Å²) in [5.41, 5.74) is 11.7. The Morgan fingerprint density at radius 2 is 1.09 bits per heavy atom. The van der Waals surface area contributed by atoms with Gasteiger partial charge in [0, 0.05) is 58.6 Å². The van der Waals surface area contributed by atoms with E-state index in [0.29, 0.717) is 5.82 Å². The third kappa shape index (κ3) is 5.01. The smallest absolute Gasteiger partial charge is 0.160 e. The van der Waals surface area contributed by atoms with Gasteiger partial charge < -0.3 is 4.42 Å². The van der Waals surface area contributed by atoms with Crippen LogP contribution in [0.3, 0.4) is 0 Å². The molecule has 0 aliphatic rings. The summed E-state index contributed by atoms with van der Waals surface area (Å²) >= 11 is 1.84. The monoisotopic (exact) mass is 707 g/mol. The minimum atomic E-state index is 0.663. The van der Waals surface area contributed by atoms with Crippen LogP contribution in [0.15, 0.2) is 180 Å². The van der Waals surface area contributed by atoms with Crippen LogP contribution in [0.5, 0.6) is 0 Å². The molecule has 54 heavy (non-hydrogen) atoms. The van der Waals surface area contributed by atoms with Gasteiger partial charge in [-0.3, -0.25) is 0 Å². The predicted molar refractivity (Wildman–Crippen MR) is 225 cm³/mol. The van der Waals surface area contributed by atoms with Crippen LogP contribution in [-0.2, 0) is 0 Å². The van der Waals surface area contributed by atoms with Crippen LogP contribution in [0.1, 0.15) is 0 Å². The lowest BCUT2D eigenvalue weighted by atomic mass is 9.98. The first-order valence-corrected chi connectivity index (χ1v) is 18.8. The summed E-state index contributed by atoms with van der Waals surface area (Å²) in [5.74, 6) is 0.663. The Hall–Kier alpha value is -6.95. The maximum atomic E-state index is 6.44. The molecule has 4 nitrogen and oxygen atoms in total. The number of para-hydroxylation sites is 3. The first-order chi connectivity index (χ1) is 26.7. The van der Waals surface area contributed by atoms with Crippen molar-refractivity contribution in [2.24, 2.45) is 0 Å². The second-order valence-corrected chi connectivity index (χ2v) is 14.6. The molecule has 11 rings (SSSR count). The SMILES string of the molecule is c1ccc(-c2cc(-c3cccc4c3oc3ccccc34)nc(-c3ccc(-c4ccc5sc6c7ccccc7nc(-c7ccccc7)c6c5c4)cc3)n2)cc1. The predicted octanol–water partition coefficient (Wildman–Crippen LogP) is 13.6. The molecule has 11 aromatic rings. The summed E-state index contributed by atoms with van der Waals surface area (Å²) in [5, 5.41) is 5.78. The topological polar surface area (TPSA) is 51.8 Å². The zero-order valence-corrected chi connectivity index (χ0v) is 29.7. The normalized spacial score (nSPS) is 11.7. The molecular weight excluding hydrogens is 679 g/mol. The number of pyridine rings is 1. The zero-order chi connectivity index (χ0) is 35.6. The number of thiophene rings is 1. The van der Waals surface area contributed by atoms with E-state index >= 15 is 0 Å². The number of benzene rings is 7. The van der Waals surface area contributed by atoms with E-state index in [-0.39, 0.29) is 0 Å². The number of fused-ring (bicyclic) bond motifs is 8. The summed E-state index contributed by atoms with van der Waals surface area (Å²) < 4.78 is 8.95. The van der Waals surface area contributed by atoms with Gasteiger partial charge in [0.1, 0.15) is 11.2 Å². The summed E-state index contributed by atoms with van der Waals surface area (Å²) in [6.45, 7) is 0. The summed E-state index contributed by atoms with van der Waals surface area (Å²) in [4.78, 5) is 15.5. The van der Waals surface area contributed by atoms with E-state index in [4.69, 9.17) is 19.4 Å².